The molecule has 2 saturated heterocycles. The first-order valence-electron chi connectivity index (χ1n) is 9.55. The minimum atomic E-state index is 0.0707. The van der Waals surface area contributed by atoms with Gasteiger partial charge in [-0.15, -0.1) is 5.10 Å². The highest BCUT2D eigenvalue weighted by Crippen LogP contribution is 2.14. The smallest absolute Gasteiger partial charge is 0.317 e. The van der Waals surface area contributed by atoms with Gasteiger partial charge in [0.15, 0.2) is 5.82 Å². The fraction of sp³-hybridized carbons (Fsp3) is 0.722. The number of likely N-dealkylation sites (tertiary alicyclic amines) is 1. The second-order valence-corrected chi connectivity index (χ2v) is 6.97. The van der Waals surface area contributed by atoms with E-state index in [1.807, 2.05) is 17.0 Å². The summed E-state index contributed by atoms with van der Waals surface area (Å²) in [4.78, 5) is 19.2. The number of nitrogens with zero attached hydrogens (tertiary/aromatic N) is 5. The first kappa shape index (κ1) is 18.8. The third kappa shape index (κ3) is 5.28. The van der Waals surface area contributed by atoms with Crippen molar-refractivity contribution in [3.8, 4) is 0 Å². The molecule has 0 bridgehead atoms. The number of piperidine rings is 1. The maximum atomic E-state index is 12.7. The van der Waals surface area contributed by atoms with Crippen molar-refractivity contribution < 1.29 is 9.53 Å². The Morgan fingerprint density at radius 3 is 2.81 bits per heavy atom. The molecule has 0 unspecified atom stereocenters. The Bertz CT molecular complexity index is 550. The normalized spacial score (nSPS) is 20.0. The molecule has 2 aliphatic heterocycles. The SMILES string of the molecule is COCCN1CCC(NC(=O)N2CCCN(c3cccnn3)CC2)CC1. The third-order valence-electron chi connectivity index (χ3n) is 5.19. The van der Waals surface area contributed by atoms with E-state index < -0.39 is 0 Å². The molecule has 3 heterocycles. The summed E-state index contributed by atoms with van der Waals surface area (Å²) in [5, 5.41) is 11.4. The molecule has 0 saturated carbocycles. The number of rotatable bonds is 5. The molecular weight excluding hydrogens is 332 g/mol. The zero-order chi connectivity index (χ0) is 18.2. The van der Waals surface area contributed by atoms with Gasteiger partial charge in [-0.25, -0.2) is 4.79 Å². The van der Waals surface area contributed by atoms with Crippen LogP contribution in [-0.2, 0) is 4.74 Å². The molecule has 26 heavy (non-hydrogen) atoms. The summed E-state index contributed by atoms with van der Waals surface area (Å²) < 4.78 is 5.14. The minimum absolute atomic E-state index is 0.0707. The number of hydrogen-bond acceptors (Lipinski definition) is 6. The summed E-state index contributed by atoms with van der Waals surface area (Å²) in [7, 11) is 1.74. The molecule has 2 fully saturated rings. The summed E-state index contributed by atoms with van der Waals surface area (Å²) in [5.41, 5.74) is 0. The molecule has 0 radical (unpaired) electrons. The Morgan fingerprint density at radius 2 is 2.08 bits per heavy atom. The van der Waals surface area contributed by atoms with Crippen LogP contribution >= 0.6 is 0 Å². The standard InChI is InChI=1S/C18H30N6O2/c1-26-15-14-22-10-5-16(6-11-22)20-18(25)24-9-3-8-23(12-13-24)17-4-2-7-19-21-17/h2,4,7,16H,3,5-6,8-15H2,1H3,(H,20,25). The monoisotopic (exact) mass is 362 g/mol. The van der Waals surface area contributed by atoms with Gasteiger partial charge in [-0.1, -0.05) is 0 Å². The molecule has 0 aromatic carbocycles. The number of anilines is 1. The van der Waals surface area contributed by atoms with Gasteiger partial charge in [0.05, 0.1) is 6.61 Å². The second-order valence-electron chi connectivity index (χ2n) is 6.97. The molecule has 0 aliphatic carbocycles. The van der Waals surface area contributed by atoms with Crippen molar-refractivity contribution in [3.63, 3.8) is 0 Å². The second kappa shape index (κ2) is 9.68. The zero-order valence-electron chi connectivity index (χ0n) is 15.6. The van der Waals surface area contributed by atoms with Crippen LogP contribution in [0, 0.1) is 0 Å². The summed E-state index contributed by atoms with van der Waals surface area (Å²) >= 11 is 0. The van der Waals surface area contributed by atoms with Crippen molar-refractivity contribution >= 4 is 11.8 Å². The van der Waals surface area contributed by atoms with Crippen LogP contribution in [-0.4, -0.2) is 91.6 Å². The van der Waals surface area contributed by atoms with E-state index in [9.17, 15) is 4.79 Å². The fourth-order valence-electron chi connectivity index (χ4n) is 3.60. The Kier molecular flexibility index (Phi) is 7.02. The average molecular weight is 362 g/mol. The minimum Gasteiger partial charge on any atom is -0.383 e. The predicted molar refractivity (Wildman–Crippen MR) is 100 cm³/mol. The quantitative estimate of drug-likeness (QED) is 0.836. The zero-order valence-corrected chi connectivity index (χ0v) is 15.6. The topological polar surface area (TPSA) is 73.8 Å². The summed E-state index contributed by atoms with van der Waals surface area (Å²) in [6, 6.07) is 4.22. The molecule has 1 N–H and O–H groups in total. The van der Waals surface area contributed by atoms with E-state index in [2.05, 4.69) is 25.3 Å². The number of ether oxygens (including phenoxy) is 1. The van der Waals surface area contributed by atoms with Gasteiger partial charge in [0, 0.05) is 65.2 Å². The highest BCUT2D eigenvalue weighted by atomic mass is 16.5. The Hall–Kier alpha value is -1.93. The van der Waals surface area contributed by atoms with Crippen molar-refractivity contribution in [2.24, 2.45) is 0 Å². The fourth-order valence-corrected chi connectivity index (χ4v) is 3.60. The molecule has 0 spiro atoms. The van der Waals surface area contributed by atoms with Crippen LogP contribution in [0.1, 0.15) is 19.3 Å². The van der Waals surface area contributed by atoms with Gasteiger partial charge in [-0.05, 0) is 31.4 Å². The van der Waals surface area contributed by atoms with Gasteiger partial charge in [-0.3, -0.25) is 0 Å². The average Bonchev–Trinajstić information content (AvgIpc) is 2.94. The highest BCUT2D eigenvalue weighted by Gasteiger charge is 2.24. The van der Waals surface area contributed by atoms with E-state index in [0.29, 0.717) is 0 Å². The lowest BCUT2D eigenvalue weighted by atomic mass is 10.1. The molecule has 2 aliphatic rings. The molecule has 1 aromatic heterocycles. The number of nitrogens with one attached hydrogen (secondary N) is 1. The van der Waals surface area contributed by atoms with Crippen LogP contribution in [0.4, 0.5) is 10.6 Å². The Balaban J connectivity index is 1.43. The number of aromatic nitrogens is 2. The number of methoxy groups -OCH3 is 1. The van der Waals surface area contributed by atoms with E-state index in [4.69, 9.17) is 4.74 Å². The number of hydrogen-bond donors (Lipinski definition) is 1. The number of urea groups is 1. The van der Waals surface area contributed by atoms with Gasteiger partial charge in [0.25, 0.3) is 0 Å². The van der Waals surface area contributed by atoms with Crippen LogP contribution in [0.5, 0.6) is 0 Å². The number of amides is 2. The third-order valence-corrected chi connectivity index (χ3v) is 5.19. The van der Waals surface area contributed by atoms with E-state index in [-0.39, 0.29) is 12.1 Å². The van der Waals surface area contributed by atoms with Crippen LogP contribution < -0.4 is 10.2 Å². The first-order chi connectivity index (χ1) is 12.8. The Labute approximate surface area is 155 Å². The van der Waals surface area contributed by atoms with E-state index >= 15 is 0 Å². The van der Waals surface area contributed by atoms with Gasteiger partial charge in [0.1, 0.15) is 0 Å². The van der Waals surface area contributed by atoms with Crippen molar-refractivity contribution in [1.82, 2.24) is 25.3 Å². The van der Waals surface area contributed by atoms with E-state index in [0.717, 1.165) is 77.5 Å². The van der Waals surface area contributed by atoms with Crippen molar-refractivity contribution in [3.05, 3.63) is 18.3 Å². The molecule has 0 atom stereocenters. The molecule has 8 nitrogen and oxygen atoms in total. The maximum Gasteiger partial charge on any atom is 0.317 e. The molecule has 3 rings (SSSR count). The van der Waals surface area contributed by atoms with Crippen LogP contribution in [0.2, 0.25) is 0 Å². The maximum absolute atomic E-state index is 12.7. The molecule has 2 amide bonds. The largest absolute Gasteiger partial charge is 0.383 e. The van der Waals surface area contributed by atoms with Gasteiger partial charge < -0.3 is 24.8 Å². The number of carbonyl (C=O) groups excluding carboxylic acids is 1. The predicted octanol–water partition coefficient (Wildman–Crippen LogP) is 0.809. The molecule has 8 heteroatoms. The van der Waals surface area contributed by atoms with Gasteiger partial charge >= 0.3 is 6.03 Å². The van der Waals surface area contributed by atoms with Crippen molar-refractivity contribution in [2.45, 2.75) is 25.3 Å². The lowest BCUT2D eigenvalue weighted by Crippen LogP contribution is -2.50. The van der Waals surface area contributed by atoms with Crippen LogP contribution in [0.15, 0.2) is 18.3 Å². The summed E-state index contributed by atoms with van der Waals surface area (Å²) in [6.07, 6.45) is 4.64. The number of carbonyl (C=O) groups is 1. The first-order valence-corrected chi connectivity index (χ1v) is 9.55. The summed E-state index contributed by atoms with van der Waals surface area (Å²) in [5.74, 6) is 0.887. The van der Waals surface area contributed by atoms with Gasteiger partial charge in [-0.2, -0.15) is 5.10 Å². The van der Waals surface area contributed by atoms with Gasteiger partial charge in [0.2, 0.25) is 0 Å². The van der Waals surface area contributed by atoms with Crippen LogP contribution in [0.25, 0.3) is 0 Å². The lowest BCUT2D eigenvalue weighted by molar-refractivity contribution is 0.124. The lowest BCUT2D eigenvalue weighted by Gasteiger charge is -2.33. The Morgan fingerprint density at radius 1 is 1.23 bits per heavy atom. The van der Waals surface area contributed by atoms with E-state index in [1.54, 1.807) is 13.3 Å². The highest BCUT2D eigenvalue weighted by molar-refractivity contribution is 5.74. The molecular formula is C18H30N6O2. The molecule has 1 aromatic rings. The van der Waals surface area contributed by atoms with Crippen molar-refractivity contribution in [2.75, 3.05) is 64.4 Å². The summed E-state index contributed by atoms with van der Waals surface area (Å²) in [6.45, 7) is 6.99. The van der Waals surface area contributed by atoms with Crippen LogP contribution in [0.3, 0.4) is 0 Å². The van der Waals surface area contributed by atoms with Crippen molar-refractivity contribution in [1.29, 1.82) is 0 Å². The molecule has 144 valence electrons. The van der Waals surface area contributed by atoms with E-state index in [1.165, 1.54) is 0 Å².